The van der Waals surface area contributed by atoms with E-state index >= 15 is 0 Å². The van der Waals surface area contributed by atoms with Crippen molar-refractivity contribution in [1.29, 1.82) is 0 Å². The van der Waals surface area contributed by atoms with Crippen LogP contribution in [0, 0.1) is 5.82 Å². The van der Waals surface area contributed by atoms with Crippen LogP contribution in [0.3, 0.4) is 0 Å². The van der Waals surface area contributed by atoms with E-state index in [2.05, 4.69) is 10.1 Å². The van der Waals surface area contributed by atoms with Gasteiger partial charge in [-0.2, -0.15) is 5.10 Å². The fourth-order valence-corrected chi connectivity index (χ4v) is 2.29. The van der Waals surface area contributed by atoms with Gasteiger partial charge in [0.25, 0.3) is 0 Å². The van der Waals surface area contributed by atoms with Gasteiger partial charge in [0.05, 0.1) is 6.54 Å². The molecule has 2 aromatic rings. The molecule has 0 amide bonds. The Labute approximate surface area is 105 Å². The number of fused-ring (bicyclic) bond motifs is 1. The highest BCUT2D eigenvalue weighted by Crippen LogP contribution is 2.14. The second-order valence-electron chi connectivity index (χ2n) is 4.73. The number of nitrogens with two attached hydrogens (primary N) is 1. The monoisotopic (exact) mass is 246 g/mol. The van der Waals surface area contributed by atoms with Crippen molar-refractivity contribution in [2.24, 2.45) is 5.73 Å². The molecule has 0 spiro atoms. The lowest BCUT2D eigenvalue weighted by atomic mass is 10.1. The Balaban J connectivity index is 1.82. The summed E-state index contributed by atoms with van der Waals surface area (Å²) in [4.78, 5) is 4.48. The molecule has 2 N–H and O–H groups in total. The van der Waals surface area contributed by atoms with E-state index in [4.69, 9.17) is 5.73 Å². The molecule has 4 nitrogen and oxygen atoms in total. The van der Waals surface area contributed by atoms with Gasteiger partial charge in [-0.1, -0.05) is 12.1 Å². The van der Waals surface area contributed by atoms with Crippen LogP contribution >= 0.6 is 0 Å². The van der Waals surface area contributed by atoms with Gasteiger partial charge in [-0.05, 0) is 24.1 Å². The molecule has 18 heavy (non-hydrogen) atoms. The topological polar surface area (TPSA) is 56.7 Å². The quantitative estimate of drug-likeness (QED) is 0.868. The Bertz CT molecular complexity index is 564. The Kier molecular flexibility index (Phi) is 2.83. The van der Waals surface area contributed by atoms with E-state index in [0.29, 0.717) is 6.42 Å². The molecule has 0 bridgehead atoms. The number of hydrogen-bond donors (Lipinski definition) is 1. The average molecular weight is 246 g/mol. The highest BCUT2D eigenvalue weighted by molar-refractivity contribution is 5.20. The molecule has 94 valence electrons. The maximum atomic E-state index is 13.1. The molecule has 0 radical (unpaired) electrons. The first kappa shape index (κ1) is 11.3. The number of hydrogen-bond acceptors (Lipinski definition) is 3. The van der Waals surface area contributed by atoms with Gasteiger partial charge >= 0.3 is 0 Å². The van der Waals surface area contributed by atoms with E-state index in [1.165, 1.54) is 12.1 Å². The van der Waals surface area contributed by atoms with E-state index in [1.54, 1.807) is 6.07 Å². The first-order chi connectivity index (χ1) is 8.70. The van der Waals surface area contributed by atoms with E-state index in [-0.39, 0.29) is 11.9 Å². The molecule has 0 saturated carbocycles. The molecule has 0 fully saturated rings. The van der Waals surface area contributed by atoms with Crippen molar-refractivity contribution >= 4 is 0 Å². The molecule has 3 rings (SSSR count). The van der Waals surface area contributed by atoms with Gasteiger partial charge in [0.15, 0.2) is 5.82 Å². The van der Waals surface area contributed by atoms with Crippen molar-refractivity contribution in [2.45, 2.75) is 31.8 Å². The molecule has 0 aliphatic carbocycles. The Hall–Kier alpha value is -1.75. The molecule has 1 aliphatic heterocycles. The van der Waals surface area contributed by atoms with Crippen molar-refractivity contribution < 1.29 is 4.39 Å². The van der Waals surface area contributed by atoms with Crippen LogP contribution in [0.2, 0.25) is 0 Å². The lowest BCUT2D eigenvalue weighted by Crippen LogP contribution is -2.32. The smallest absolute Gasteiger partial charge is 0.155 e. The van der Waals surface area contributed by atoms with Crippen LogP contribution in [-0.2, 0) is 19.4 Å². The SMILES string of the molecule is NC1CCc2nc(Cc3cccc(F)c3)nn2C1. The minimum Gasteiger partial charge on any atom is -0.326 e. The summed E-state index contributed by atoms with van der Waals surface area (Å²) >= 11 is 0. The zero-order valence-electron chi connectivity index (χ0n) is 10.0. The molecule has 1 atom stereocenters. The standard InChI is InChI=1S/C13H15FN4/c14-10-3-1-2-9(6-10)7-12-16-13-5-4-11(15)8-18(13)17-12/h1-3,6,11H,4-5,7-8,15H2. The number of nitrogens with zero attached hydrogens (tertiary/aromatic N) is 3. The second-order valence-corrected chi connectivity index (χ2v) is 4.73. The lowest BCUT2D eigenvalue weighted by molar-refractivity contribution is 0.421. The first-order valence-corrected chi connectivity index (χ1v) is 6.13. The van der Waals surface area contributed by atoms with Crippen LogP contribution in [0.4, 0.5) is 4.39 Å². The number of halogens is 1. The molecule has 1 unspecified atom stereocenters. The van der Waals surface area contributed by atoms with Crippen molar-refractivity contribution in [2.75, 3.05) is 0 Å². The first-order valence-electron chi connectivity index (χ1n) is 6.13. The number of aryl methyl sites for hydroxylation is 1. The summed E-state index contributed by atoms with van der Waals surface area (Å²) < 4.78 is 15.0. The summed E-state index contributed by atoms with van der Waals surface area (Å²) in [7, 11) is 0. The van der Waals surface area contributed by atoms with Crippen molar-refractivity contribution in [1.82, 2.24) is 14.8 Å². The van der Waals surface area contributed by atoms with Gasteiger partial charge in [0.1, 0.15) is 11.6 Å². The van der Waals surface area contributed by atoms with Gasteiger partial charge in [-0.25, -0.2) is 14.1 Å². The maximum Gasteiger partial charge on any atom is 0.155 e. The summed E-state index contributed by atoms with van der Waals surface area (Å²) in [6.45, 7) is 0.728. The van der Waals surface area contributed by atoms with E-state index in [9.17, 15) is 4.39 Å². The van der Waals surface area contributed by atoms with Crippen molar-refractivity contribution in [3.8, 4) is 0 Å². The highest BCUT2D eigenvalue weighted by Gasteiger charge is 2.18. The average Bonchev–Trinajstić information content (AvgIpc) is 2.70. The van der Waals surface area contributed by atoms with E-state index in [1.807, 2.05) is 10.7 Å². The minimum absolute atomic E-state index is 0.168. The van der Waals surface area contributed by atoms with Gasteiger partial charge in [0, 0.05) is 18.9 Å². The molecule has 0 saturated heterocycles. The number of aromatic nitrogens is 3. The largest absolute Gasteiger partial charge is 0.326 e. The number of benzene rings is 1. The maximum absolute atomic E-state index is 13.1. The molecular weight excluding hydrogens is 231 g/mol. The summed E-state index contributed by atoms with van der Waals surface area (Å²) in [5.41, 5.74) is 6.78. The molecule has 2 heterocycles. The number of rotatable bonds is 2. The van der Waals surface area contributed by atoms with Crippen LogP contribution < -0.4 is 5.73 Å². The summed E-state index contributed by atoms with van der Waals surface area (Å²) in [5, 5.41) is 4.43. The predicted octanol–water partition coefficient (Wildman–Crippen LogP) is 1.28. The minimum atomic E-state index is -0.224. The fraction of sp³-hybridized carbons (Fsp3) is 0.385. The molecule has 1 aliphatic rings. The lowest BCUT2D eigenvalue weighted by Gasteiger charge is -2.17. The molecular formula is C13H15FN4. The highest BCUT2D eigenvalue weighted by atomic mass is 19.1. The van der Waals surface area contributed by atoms with Gasteiger partial charge in [-0.15, -0.1) is 0 Å². The second kappa shape index (κ2) is 4.49. The van der Waals surface area contributed by atoms with Gasteiger partial charge in [0.2, 0.25) is 0 Å². The van der Waals surface area contributed by atoms with E-state index in [0.717, 1.165) is 36.6 Å². The zero-order chi connectivity index (χ0) is 12.5. The predicted molar refractivity (Wildman–Crippen MR) is 65.5 cm³/mol. The molecule has 1 aromatic carbocycles. The van der Waals surface area contributed by atoms with Crippen LogP contribution in [0.15, 0.2) is 24.3 Å². The van der Waals surface area contributed by atoms with Crippen LogP contribution in [0.25, 0.3) is 0 Å². The van der Waals surface area contributed by atoms with Crippen molar-refractivity contribution in [3.63, 3.8) is 0 Å². The summed E-state index contributed by atoms with van der Waals surface area (Å²) in [6.07, 6.45) is 2.39. The van der Waals surface area contributed by atoms with Gasteiger partial charge < -0.3 is 5.73 Å². The van der Waals surface area contributed by atoms with Gasteiger partial charge in [-0.3, -0.25) is 0 Å². The normalized spacial score (nSPS) is 18.7. The Morgan fingerprint density at radius 1 is 1.44 bits per heavy atom. The zero-order valence-corrected chi connectivity index (χ0v) is 10.0. The van der Waals surface area contributed by atoms with Crippen LogP contribution in [0.5, 0.6) is 0 Å². The third kappa shape index (κ3) is 2.26. The third-order valence-electron chi connectivity index (χ3n) is 3.19. The van der Waals surface area contributed by atoms with Crippen LogP contribution in [0.1, 0.15) is 23.6 Å². The molecule has 5 heteroatoms. The molecule has 1 aromatic heterocycles. The Morgan fingerprint density at radius 3 is 3.17 bits per heavy atom. The summed E-state index contributed by atoms with van der Waals surface area (Å²) in [5.74, 6) is 1.51. The summed E-state index contributed by atoms with van der Waals surface area (Å²) in [6, 6.07) is 6.71. The Morgan fingerprint density at radius 2 is 2.33 bits per heavy atom. The van der Waals surface area contributed by atoms with E-state index < -0.39 is 0 Å². The van der Waals surface area contributed by atoms with Crippen molar-refractivity contribution in [3.05, 3.63) is 47.3 Å². The van der Waals surface area contributed by atoms with Crippen LogP contribution in [-0.4, -0.2) is 20.8 Å². The fourth-order valence-electron chi connectivity index (χ4n) is 2.29. The third-order valence-corrected chi connectivity index (χ3v) is 3.19.